The predicted octanol–water partition coefficient (Wildman–Crippen LogP) is 5.29. The lowest BCUT2D eigenvalue weighted by Crippen LogP contribution is -2.25. The van der Waals surface area contributed by atoms with Crippen molar-refractivity contribution in [1.82, 2.24) is 15.1 Å². The lowest BCUT2D eigenvalue weighted by Gasteiger charge is -2.11. The van der Waals surface area contributed by atoms with E-state index < -0.39 is 0 Å². The Kier molecular flexibility index (Phi) is 5.27. The van der Waals surface area contributed by atoms with Crippen molar-refractivity contribution >= 4 is 17.2 Å². The summed E-state index contributed by atoms with van der Waals surface area (Å²) in [5, 5.41) is 9.62. The zero-order chi connectivity index (χ0) is 20.4. The van der Waals surface area contributed by atoms with Crippen LogP contribution >= 0.6 is 11.3 Å². The average Bonchev–Trinajstić information content (AvgIpc) is 3.37. The smallest absolute Gasteiger partial charge is 0.270 e. The van der Waals surface area contributed by atoms with Crippen LogP contribution in [0.2, 0.25) is 0 Å². The molecule has 0 saturated carbocycles. The van der Waals surface area contributed by atoms with E-state index in [2.05, 4.69) is 11.4 Å². The number of carbonyl (C=O) groups excluding carboxylic acids is 1. The normalized spacial score (nSPS) is 10.9. The minimum Gasteiger partial charge on any atom is -0.347 e. The molecule has 29 heavy (non-hydrogen) atoms. The maximum atomic E-state index is 13.1. The van der Waals surface area contributed by atoms with Gasteiger partial charge < -0.3 is 5.32 Å². The standard InChI is InChI=1S/C23H20FN3OS/c1-15-5-10-20(16(2)12-15)27-21(13-19(26-27)22-4-3-11-29-22)23(28)25-14-17-6-8-18(24)9-7-17/h3-13H,14H2,1-2H3,(H,25,28). The summed E-state index contributed by atoms with van der Waals surface area (Å²) in [6.45, 7) is 4.35. The van der Waals surface area contributed by atoms with Crippen LogP contribution in [-0.2, 0) is 6.54 Å². The fourth-order valence-electron chi connectivity index (χ4n) is 3.19. The monoisotopic (exact) mass is 405 g/mol. The van der Waals surface area contributed by atoms with Crippen LogP contribution in [0.25, 0.3) is 16.3 Å². The molecule has 4 rings (SSSR count). The number of rotatable bonds is 5. The molecule has 0 atom stereocenters. The summed E-state index contributed by atoms with van der Waals surface area (Å²) in [6.07, 6.45) is 0. The van der Waals surface area contributed by atoms with Gasteiger partial charge in [0.25, 0.3) is 5.91 Å². The third kappa shape index (κ3) is 4.12. The molecule has 0 aliphatic carbocycles. The molecule has 146 valence electrons. The van der Waals surface area contributed by atoms with Crippen LogP contribution in [0.5, 0.6) is 0 Å². The van der Waals surface area contributed by atoms with E-state index >= 15 is 0 Å². The molecular formula is C23H20FN3OS. The first-order chi connectivity index (χ1) is 14.0. The molecule has 0 saturated heterocycles. The minimum atomic E-state index is -0.298. The number of thiophene rings is 1. The Morgan fingerprint density at radius 3 is 2.59 bits per heavy atom. The van der Waals surface area contributed by atoms with Crippen LogP contribution in [0.15, 0.2) is 66.0 Å². The predicted molar refractivity (Wildman–Crippen MR) is 114 cm³/mol. The molecule has 0 fully saturated rings. The van der Waals surface area contributed by atoms with Gasteiger partial charge in [0.15, 0.2) is 0 Å². The second kappa shape index (κ2) is 8.01. The summed E-state index contributed by atoms with van der Waals surface area (Å²) in [5.41, 5.74) is 5.10. The van der Waals surface area contributed by atoms with Crippen LogP contribution < -0.4 is 5.32 Å². The van der Waals surface area contributed by atoms with Gasteiger partial charge in [-0.05, 0) is 60.7 Å². The van der Waals surface area contributed by atoms with E-state index in [0.29, 0.717) is 12.2 Å². The highest BCUT2D eigenvalue weighted by Gasteiger charge is 2.19. The lowest BCUT2D eigenvalue weighted by molar-refractivity contribution is 0.0943. The van der Waals surface area contributed by atoms with Gasteiger partial charge in [0.1, 0.15) is 17.2 Å². The Bertz CT molecular complexity index is 1150. The highest BCUT2D eigenvalue weighted by atomic mass is 32.1. The van der Waals surface area contributed by atoms with Crippen LogP contribution in [0.3, 0.4) is 0 Å². The van der Waals surface area contributed by atoms with Gasteiger partial charge in [-0.2, -0.15) is 5.10 Å². The van der Waals surface area contributed by atoms with Crippen molar-refractivity contribution in [3.63, 3.8) is 0 Å². The van der Waals surface area contributed by atoms with E-state index in [1.807, 2.05) is 49.6 Å². The van der Waals surface area contributed by atoms with Gasteiger partial charge in [0.2, 0.25) is 0 Å². The number of nitrogens with zero attached hydrogens (tertiary/aromatic N) is 2. The molecule has 2 heterocycles. The van der Waals surface area contributed by atoms with Gasteiger partial charge in [-0.1, -0.05) is 35.9 Å². The molecule has 0 aliphatic heterocycles. The number of aromatic nitrogens is 2. The van der Waals surface area contributed by atoms with E-state index in [1.54, 1.807) is 28.2 Å². The van der Waals surface area contributed by atoms with E-state index in [-0.39, 0.29) is 11.7 Å². The highest BCUT2D eigenvalue weighted by molar-refractivity contribution is 7.13. The topological polar surface area (TPSA) is 46.9 Å². The highest BCUT2D eigenvalue weighted by Crippen LogP contribution is 2.27. The maximum Gasteiger partial charge on any atom is 0.270 e. The summed E-state index contributed by atoms with van der Waals surface area (Å²) in [6, 6.07) is 17.9. The van der Waals surface area contributed by atoms with Gasteiger partial charge in [0, 0.05) is 6.54 Å². The van der Waals surface area contributed by atoms with Crippen molar-refractivity contribution in [1.29, 1.82) is 0 Å². The molecule has 2 aromatic carbocycles. The molecule has 4 aromatic rings. The Hall–Kier alpha value is -3.25. The summed E-state index contributed by atoms with van der Waals surface area (Å²) < 4.78 is 14.8. The van der Waals surface area contributed by atoms with Crippen LogP contribution in [0.4, 0.5) is 4.39 Å². The van der Waals surface area contributed by atoms with Crippen molar-refractivity contribution in [2.45, 2.75) is 20.4 Å². The lowest BCUT2D eigenvalue weighted by atomic mass is 10.1. The zero-order valence-corrected chi connectivity index (χ0v) is 17.0. The Balaban J connectivity index is 1.68. The van der Waals surface area contributed by atoms with Gasteiger partial charge in [-0.25, -0.2) is 9.07 Å². The maximum absolute atomic E-state index is 13.1. The largest absolute Gasteiger partial charge is 0.347 e. The van der Waals surface area contributed by atoms with E-state index in [4.69, 9.17) is 5.10 Å². The fraction of sp³-hybridized carbons (Fsp3) is 0.130. The van der Waals surface area contributed by atoms with Crippen molar-refractivity contribution in [2.75, 3.05) is 0 Å². The first-order valence-electron chi connectivity index (χ1n) is 9.25. The second-order valence-corrected chi connectivity index (χ2v) is 7.85. The van der Waals surface area contributed by atoms with Gasteiger partial charge in [-0.15, -0.1) is 11.3 Å². The average molecular weight is 405 g/mol. The van der Waals surface area contributed by atoms with Gasteiger partial charge in [-0.3, -0.25) is 4.79 Å². The summed E-state index contributed by atoms with van der Waals surface area (Å²) in [4.78, 5) is 14.0. The minimum absolute atomic E-state index is 0.232. The number of hydrogen-bond acceptors (Lipinski definition) is 3. The van der Waals surface area contributed by atoms with E-state index in [0.717, 1.165) is 32.9 Å². The van der Waals surface area contributed by atoms with Crippen LogP contribution in [-0.4, -0.2) is 15.7 Å². The quantitative estimate of drug-likeness (QED) is 0.491. The molecule has 0 spiro atoms. The number of hydrogen-bond donors (Lipinski definition) is 1. The molecular weight excluding hydrogens is 385 g/mol. The number of carbonyl (C=O) groups is 1. The molecule has 4 nitrogen and oxygen atoms in total. The molecule has 6 heteroatoms. The van der Waals surface area contributed by atoms with Crippen molar-refractivity contribution < 1.29 is 9.18 Å². The first-order valence-corrected chi connectivity index (χ1v) is 10.1. The summed E-state index contributed by atoms with van der Waals surface area (Å²) >= 11 is 1.58. The number of halogens is 1. The molecule has 1 amide bonds. The third-order valence-corrected chi connectivity index (χ3v) is 5.55. The summed E-state index contributed by atoms with van der Waals surface area (Å²) in [7, 11) is 0. The second-order valence-electron chi connectivity index (χ2n) is 6.90. The zero-order valence-electron chi connectivity index (χ0n) is 16.1. The number of nitrogens with one attached hydrogen (secondary N) is 1. The molecule has 0 aliphatic rings. The van der Waals surface area contributed by atoms with Crippen LogP contribution in [0, 0.1) is 19.7 Å². The molecule has 0 radical (unpaired) electrons. The number of amides is 1. The summed E-state index contributed by atoms with van der Waals surface area (Å²) in [5.74, 6) is -0.529. The van der Waals surface area contributed by atoms with Gasteiger partial charge >= 0.3 is 0 Å². The molecule has 2 aromatic heterocycles. The molecule has 0 unspecified atom stereocenters. The fourth-order valence-corrected chi connectivity index (χ4v) is 3.87. The molecule has 1 N–H and O–H groups in total. The van der Waals surface area contributed by atoms with Crippen LogP contribution in [0.1, 0.15) is 27.2 Å². The first kappa shape index (κ1) is 19.1. The molecule has 0 bridgehead atoms. The van der Waals surface area contributed by atoms with E-state index in [9.17, 15) is 9.18 Å². The number of benzene rings is 2. The Morgan fingerprint density at radius 2 is 1.90 bits per heavy atom. The van der Waals surface area contributed by atoms with Crippen molar-refractivity contribution in [2.24, 2.45) is 0 Å². The number of aryl methyl sites for hydroxylation is 2. The van der Waals surface area contributed by atoms with Crippen molar-refractivity contribution in [3.05, 3.63) is 94.2 Å². The van der Waals surface area contributed by atoms with Gasteiger partial charge in [0.05, 0.1) is 10.6 Å². The Labute approximate surface area is 172 Å². The van der Waals surface area contributed by atoms with E-state index in [1.165, 1.54) is 12.1 Å². The Morgan fingerprint density at radius 1 is 1.10 bits per heavy atom. The van der Waals surface area contributed by atoms with Crippen molar-refractivity contribution in [3.8, 4) is 16.3 Å². The third-order valence-electron chi connectivity index (χ3n) is 4.66. The SMILES string of the molecule is Cc1ccc(-n2nc(-c3cccs3)cc2C(=O)NCc2ccc(F)cc2)c(C)c1.